The Kier molecular flexibility index (Phi) is 7.81. The zero-order valence-electron chi connectivity index (χ0n) is 15.2. The van der Waals surface area contributed by atoms with E-state index in [0.29, 0.717) is 13.2 Å². The number of methoxy groups -OCH3 is 1. The summed E-state index contributed by atoms with van der Waals surface area (Å²) in [5.41, 5.74) is 1.01. The van der Waals surface area contributed by atoms with E-state index in [-0.39, 0.29) is 25.6 Å². The van der Waals surface area contributed by atoms with Gasteiger partial charge < -0.3 is 9.47 Å². The van der Waals surface area contributed by atoms with Gasteiger partial charge in [0.1, 0.15) is 5.75 Å². The fourth-order valence-electron chi connectivity index (χ4n) is 2.80. The Hall–Kier alpha value is -1.70. The van der Waals surface area contributed by atoms with E-state index >= 15 is 0 Å². The molecule has 1 aliphatic rings. The van der Waals surface area contributed by atoms with E-state index in [9.17, 15) is 8.42 Å². The third-order valence-corrected chi connectivity index (χ3v) is 5.93. The molecule has 1 N–H and O–H groups in total. The Balaban J connectivity index is 2.12. The molecule has 26 heavy (non-hydrogen) atoms. The first-order valence-corrected chi connectivity index (χ1v) is 9.95. The minimum Gasteiger partial charge on any atom is -0.497 e. The lowest BCUT2D eigenvalue weighted by atomic mass is 10.0. The predicted molar refractivity (Wildman–Crippen MR) is 97.9 cm³/mol. The molecule has 144 valence electrons. The van der Waals surface area contributed by atoms with E-state index < -0.39 is 10.2 Å². The van der Waals surface area contributed by atoms with Gasteiger partial charge in [0, 0.05) is 45.7 Å². The summed E-state index contributed by atoms with van der Waals surface area (Å²) >= 11 is 0. The maximum Gasteiger partial charge on any atom is 0.279 e. The minimum absolute atomic E-state index is 0.107. The van der Waals surface area contributed by atoms with Crippen LogP contribution in [-0.4, -0.2) is 71.2 Å². The van der Waals surface area contributed by atoms with Gasteiger partial charge in [0.15, 0.2) is 0 Å². The zero-order chi connectivity index (χ0) is 19.0. The van der Waals surface area contributed by atoms with Crippen molar-refractivity contribution in [3.05, 3.63) is 29.8 Å². The summed E-state index contributed by atoms with van der Waals surface area (Å²) in [7, 11) is -0.558. The molecule has 0 amide bonds. The Morgan fingerprint density at radius 1 is 1.35 bits per heavy atom. The number of benzene rings is 1. The fraction of sp³-hybridized carbons (Fsp3) is 0.588. The normalized spacial score (nSPS) is 17.0. The highest BCUT2D eigenvalue weighted by Gasteiger charge is 2.26. The molecule has 1 unspecified atom stereocenters. The summed E-state index contributed by atoms with van der Waals surface area (Å²) in [5, 5.41) is 8.64. The Bertz CT molecular complexity index is 696. The van der Waals surface area contributed by atoms with Crippen LogP contribution in [0.1, 0.15) is 18.0 Å². The molecule has 9 heteroatoms. The van der Waals surface area contributed by atoms with Gasteiger partial charge in [-0.15, -0.1) is 0 Å². The van der Waals surface area contributed by atoms with Crippen molar-refractivity contribution in [2.75, 3.05) is 53.6 Å². The van der Waals surface area contributed by atoms with Crippen LogP contribution >= 0.6 is 0 Å². The lowest BCUT2D eigenvalue weighted by Gasteiger charge is -2.35. The molecule has 1 fully saturated rings. The van der Waals surface area contributed by atoms with Crippen molar-refractivity contribution in [1.82, 2.24) is 13.9 Å². The molecular weight excluding hydrogens is 356 g/mol. The monoisotopic (exact) mass is 382 g/mol. The van der Waals surface area contributed by atoms with Gasteiger partial charge in [0.25, 0.3) is 10.2 Å². The SMILES string of the molecule is COc1ccc(C(CNS(=O)(=O)N(C)CCC#N)N2CCOCC2)cc1. The van der Waals surface area contributed by atoms with Crippen LogP contribution in [-0.2, 0) is 14.9 Å². The molecule has 2 rings (SSSR count). The predicted octanol–water partition coefficient (Wildman–Crippen LogP) is 0.748. The highest BCUT2D eigenvalue weighted by Crippen LogP contribution is 2.24. The van der Waals surface area contributed by atoms with Crippen LogP contribution in [0.25, 0.3) is 0 Å². The van der Waals surface area contributed by atoms with Crippen LogP contribution < -0.4 is 9.46 Å². The topological polar surface area (TPSA) is 94.9 Å². The molecule has 1 atom stereocenters. The molecule has 0 aliphatic carbocycles. The van der Waals surface area contributed by atoms with Crippen molar-refractivity contribution < 1.29 is 17.9 Å². The largest absolute Gasteiger partial charge is 0.497 e. The number of hydrogen-bond acceptors (Lipinski definition) is 6. The van der Waals surface area contributed by atoms with Crippen molar-refractivity contribution in [3.8, 4) is 11.8 Å². The lowest BCUT2D eigenvalue weighted by molar-refractivity contribution is 0.0171. The van der Waals surface area contributed by atoms with Crippen molar-refractivity contribution in [1.29, 1.82) is 5.26 Å². The number of nitrogens with one attached hydrogen (secondary N) is 1. The van der Waals surface area contributed by atoms with Gasteiger partial charge in [-0.05, 0) is 17.7 Å². The van der Waals surface area contributed by atoms with Crippen molar-refractivity contribution in [2.24, 2.45) is 0 Å². The summed E-state index contributed by atoms with van der Waals surface area (Å²) in [6, 6.07) is 9.49. The van der Waals surface area contributed by atoms with Crippen LogP contribution in [0.3, 0.4) is 0 Å². The van der Waals surface area contributed by atoms with Crippen LogP contribution in [0.5, 0.6) is 5.75 Å². The summed E-state index contributed by atoms with van der Waals surface area (Å²) < 4.78 is 39.2. The first-order chi connectivity index (χ1) is 12.5. The molecule has 0 radical (unpaired) electrons. The maximum absolute atomic E-state index is 12.4. The summed E-state index contributed by atoms with van der Waals surface area (Å²) in [6.45, 7) is 3.14. The van der Waals surface area contributed by atoms with E-state index in [0.717, 1.165) is 24.4 Å². The number of morpholine rings is 1. The number of ether oxygens (including phenoxy) is 2. The Labute approximate surface area is 155 Å². The fourth-order valence-corrected chi connectivity index (χ4v) is 3.72. The molecule has 1 saturated heterocycles. The van der Waals surface area contributed by atoms with Crippen molar-refractivity contribution in [2.45, 2.75) is 12.5 Å². The zero-order valence-corrected chi connectivity index (χ0v) is 16.0. The average Bonchev–Trinajstić information content (AvgIpc) is 2.67. The maximum atomic E-state index is 12.4. The van der Waals surface area contributed by atoms with Gasteiger partial charge in [0.05, 0.1) is 26.4 Å². The molecule has 0 saturated carbocycles. The van der Waals surface area contributed by atoms with E-state index in [1.165, 1.54) is 11.4 Å². The number of rotatable bonds is 9. The highest BCUT2D eigenvalue weighted by molar-refractivity contribution is 7.87. The molecule has 0 bridgehead atoms. The van der Waals surface area contributed by atoms with Crippen LogP contribution in [0.4, 0.5) is 0 Å². The third kappa shape index (κ3) is 5.65. The van der Waals surface area contributed by atoms with E-state index in [1.54, 1.807) is 7.11 Å². The standard InChI is InChI=1S/C17H26N4O4S/c1-20(9-3-8-18)26(22,23)19-14-17(21-10-12-25-13-11-21)15-4-6-16(24-2)7-5-15/h4-7,17,19H,3,9-14H2,1-2H3. The third-order valence-electron chi connectivity index (χ3n) is 4.39. The first kappa shape index (κ1) is 20.6. The molecule has 0 spiro atoms. The van der Waals surface area contributed by atoms with Crippen molar-refractivity contribution in [3.63, 3.8) is 0 Å². The molecule has 1 heterocycles. The molecule has 1 aromatic carbocycles. The van der Waals surface area contributed by atoms with Gasteiger partial charge >= 0.3 is 0 Å². The molecule has 1 aromatic rings. The second-order valence-corrected chi connectivity index (χ2v) is 7.88. The minimum atomic E-state index is -3.64. The average molecular weight is 382 g/mol. The van der Waals surface area contributed by atoms with Crippen LogP contribution in [0.15, 0.2) is 24.3 Å². The summed E-state index contributed by atoms with van der Waals surface area (Å²) in [6.07, 6.45) is 0.156. The van der Waals surface area contributed by atoms with Gasteiger partial charge in [0.2, 0.25) is 0 Å². The number of hydrogen-bond donors (Lipinski definition) is 1. The van der Waals surface area contributed by atoms with E-state index in [2.05, 4.69) is 9.62 Å². The van der Waals surface area contributed by atoms with E-state index in [1.807, 2.05) is 30.3 Å². The summed E-state index contributed by atoms with van der Waals surface area (Å²) in [4.78, 5) is 2.21. The van der Waals surface area contributed by atoms with Gasteiger partial charge in [-0.2, -0.15) is 18.0 Å². The Morgan fingerprint density at radius 3 is 2.58 bits per heavy atom. The Morgan fingerprint density at radius 2 is 2.00 bits per heavy atom. The van der Waals surface area contributed by atoms with Crippen LogP contribution in [0.2, 0.25) is 0 Å². The number of nitrogens with zero attached hydrogens (tertiary/aromatic N) is 3. The second kappa shape index (κ2) is 9.85. The summed E-state index contributed by atoms with van der Waals surface area (Å²) in [5.74, 6) is 0.756. The molecular formula is C17H26N4O4S. The lowest BCUT2D eigenvalue weighted by Crippen LogP contribution is -2.46. The van der Waals surface area contributed by atoms with E-state index in [4.69, 9.17) is 14.7 Å². The smallest absolute Gasteiger partial charge is 0.279 e. The van der Waals surface area contributed by atoms with Gasteiger partial charge in [-0.25, -0.2) is 4.72 Å². The molecule has 8 nitrogen and oxygen atoms in total. The molecule has 0 aromatic heterocycles. The molecule has 1 aliphatic heterocycles. The number of nitriles is 1. The second-order valence-electron chi connectivity index (χ2n) is 6.02. The van der Waals surface area contributed by atoms with Gasteiger partial charge in [-0.1, -0.05) is 12.1 Å². The highest BCUT2D eigenvalue weighted by atomic mass is 32.2. The first-order valence-electron chi connectivity index (χ1n) is 8.51. The van der Waals surface area contributed by atoms with Gasteiger partial charge in [-0.3, -0.25) is 4.90 Å². The van der Waals surface area contributed by atoms with Crippen LogP contribution in [0, 0.1) is 11.3 Å². The quantitative estimate of drug-likeness (QED) is 0.677. The van der Waals surface area contributed by atoms with Crippen molar-refractivity contribution >= 4 is 10.2 Å².